The van der Waals surface area contributed by atoms with Crippen molar-refractivity contribution in [1.29, 1.82) is 0 Å². The Morgan fingerprint density at radius 1 is 1.07 bits per heavy atom. The standard InChI is InChI=1S/C21H22N4O3/c1-14-13-24(20(27)15-6-3-2-4-7-15)10-11-25(14)21(28)18(26)17-12-23-19-16(17)8-5-9-22-19/h2-9,14,17H,10-13H2,1H3,(H,22,23)/t14-,17?/m1/s1. The number of aromatic nitrogens is 1. The highest BCUT2D eigenvalue weighted by atomic mass is 16.2. The van der Waals surface area contributed by atoms with Crippen molar-refractivity contribution in [3.63, 3.8) is 0 Å². The normalized spacial score (nSPS) is 21.0. The number of ketones is 1. The maximum atomic E-state index is 12.9. The number of rotatable bonds is 3. The van der Waals surface area contributed by atoms with Gasteiger partial charge in [0.05, 0.1) is 5.92 Å². The van der Waals surface area contributed by atoms with Gasteiger partial charge in [-0.25, -0.2) is 4.98 Å². The number of hydrogen-bond acceptors (Lipinski definition) is 5. The van der Waals surface area contributed by atoms with Gasteiger partial charge in [-0.2, -0.15) is 0 Å². The second kappa shape index (κ2) is 7.42. The summed E-state index contributed by atoms with van der Waals surface area (Å²) in [7, 11) is 0. The second-order valence-corrected chi connectivity index (χ2v) is 7.20. The van der Waals surface area contributed by atoms with Gasteiger partial charge in [-0.05, 0) is 25.1 Å². The first-order valence-corrected chi connectivity index (χ1v) is 9.44. The third kappa shape index (κ3) is 3.24. The molecule has 0 bridgehead atoms. The highest BCUT2D eigenvalue weighted by Gasteiger charge is 2.38. The molecule has 4 rings (SSSR count). The Morgan fingerprint density at radius 2 is 1.86 bits per heavy atom. The molecule has 2 aromatic rings. The molecule has 2 atom stereocenters. The third-order valence-corrected chi connectivity index (χ3v) is 5.41. The maximum Gasteiger partial charge on any atom is 0.291 e. The van der Waals surface area contributed by atoms with Gasteiger partial charge in [0.1, 0.15) is 5.82 Å². The topological polar surface area (TPSA) is 82.6 Å². The van der Waals surface area contributed by atoms with Crippen LogP contribution in [0.25, 0.3) is 0 Å². The molecule has 0 spiro atoms. The largest absolute Gasteiger partial charge is 0.369 e. The highest BCUT2D eigenvalue weighted by Crippen LogP contribution is 2.30. The molecule has 2 aliphatic rings. The monoisotopic (exact) mass is 378 g/mol. The van der Waals surface area contributed by atoms with Crippen LogP contribution in [-0.2, 0) is 9.59 Å². The fourth-order valence-electron chi connectivity index (χ4n) is 3.89. The first-order chi connectivity index (χ1) is 13.6. The maximum absolute atomic E-state index is 12.9. The number of nitrogens with one attached hydrogen (secondary N) is 1. The van der Waals surface area contributed by atoms with Crippen LogP contribution in [0.5, 0.6) is 0 Å². The number of piperazine rings is 1. The van der Waals surface area contributed by atoms with Gasteiger partial charge in [-0.3, -0.25) is 14.4 Å². The van der Waals surface area contributed by atoms with Crippen molar-refractivity contribution in [2.75, 3.05) is 31.5 Å². The van der Waals surface area contributed by atoms with E-state index in [1.807, 2.05) is 31.2 Å². The lowest BCUT2D eigenvalue weighted by atomic mass is 9.96. The van der Waals surface area contributed by atoms with Gasteiger partial charge < -0.3 is 15.1 Å². The molecule has 1 fully saturated rings. The minimum atomic E-state index is -0.507. The second-order valence-electron chi connectivity index (χ2n) is 7.20. The molecule has 1 saturated heterocycles. The molecule has 0 aliphatic carbocycles. The zero-order valence-corrected chi connectivity index (χ0v) is 15.7. The number of pyridine rings is 1. The van der Waals surface area contributed by atoms with Crippen molar-refractivity contribution in [1.82, 2.24) is 14.8 Å². The van der Waals surface area contributed by atoms with Crippen molar-refractivity contribution in [3.05, 3.63) is 59.8 Å². The summed E-state index contributed by atoms with van der Waals surface area (Å²) in [6.45, 7) is 3.44. The first kappa shape index (κ1) is 18.2. The molecule has 1 aromatic heterocycles. The molecule has 0 saturated carbocycles. The van der Waals surface area contributed by atoms with Crippen molar-refractivity contribution in [2.24, 2.45) is 0 Å². The molecule has 7 nitrogen and oxygen atoms in total. The van der Waals surface area contributed by atoms with E-state index < -0.39 is 17.6 Å². The number of fused-ring (bicyclic) bond motifs is 1. The molecule has 1 unspecified atom stereocenters. The van der Waals surface area contributed by atoms with Gasteiger partial charge in [0, 0.05) is 49.5 Å². The summed E-state index contributed by atoms with van der Waals surface area (Å²) in [6, 6.07) is 12.5. The Kier molecular flexibility index (Phi) is 4.81. The average molecular weight is 378 g/mol. The Hall–Kier alpha value is -3.22. The molecule has 0 radical (unpaired) electrons. The summed E-state index contributed by atoms with van der Waals surface area (Å²) in [5, 5.41) is 3.08. The number of amides is 2. The lowest BCUT2D eigenvalue weighted by Gasteiger charge is -2.39. The van der Waals surface area contributed by atoms with Gasteiger partial charge in [0.25, 0.3) is 11.8 Å². The van der Waals surface area contributed by atoms with Gasteiger partial charge in [-0.15, -0.1) is 0 Å². The Bertz CT molecular complexity index is 915. The molecule has 3 heterocycles. The molecule has 1 N–H and O–H groups in total. The predicted molar refractivity (Wildman–Crippen MR) is 104 cm³/mol. The number of hydrogen-bond donors (Lipinski definition) is 1. The lowest BCUT2D eigenvalue weighted by Crippen LogP contribution is -2.57. The van der Waals surface area contributed by atoms with Crippen LogP contribution in [0.3, 0.4) is 0 Å². The molecule has 1 aromatic carbocycles. The van der Waals surface area contributed by atoms with E-state index in [1.165, 1.54) is 0 Å². The van der Waals surface area contributed by atoms with E-state index in [9.17, 15) is 14.4 Å². The van der Waals surface area contributed by atoms with Crippen LogP contribution in [0.15, 0.2) is 48.7 Å². The number of carbonyl (C=O) groups excluding carboxylic acids is 3. The van der Waals surface area contributed by atoms with E-state index in [1.54, 1.807) is 34.2 Å². The Balaban J connectivity index is 1.43. The quantitative estimate of drug-likeness (QED) is 0.819. The minimum Gasteiger partial charge on any atom is -0.369 e. The third-order valence-electron chi connectivity index (χ3n) is 5.41. The number of carbonyl (C=O) groups is 3. The lowest BCUT2D eigenvalue weighted by molar-refractivity contribution is -0.148. The summed E-state index contributed by atoms with van der Waals surface area (Å²) >= 11 is 0. The summed E-state index contributed by atoms with van der Waals surface area (Å²) in [6.07, 6.45) is 1.66. The summed E-state index contributed by atoms with van der Waals surface area (Å²) in [4.78, 5) is 45.9. The van der Waals surface area contributed by atoms with Crippen LogP contribution in [0.4, 0.5) is 5.82 Å². The van der Waals surface area contributed by atoms with Crippen LogP contribution >= 0.6 is 0 Å². The molecular formula is C21H22N4O3. The van der Waals surface area contributed by atoms with Gasteiger partial charge in [-0.1, -0.05) is 24.3 Å². The van der Waals surface area contributed by atoms with Crippen LogP contribution in [0.1, 0.15) is 28.8 Å². The zero-order valence-electron chi connectivity index (χ0n) is 15.7. The van der Waals surface area contributed by atoms with Gasteiger partial charge >= 0.3 is 0 Å². The van der Waals surface area contributed by atoms with E-state index in [0.29, 0.717) is 37.6 Å². The van der Waals surface area contributed by atoms with Crippen molar-refractivity contribution >= 4 is 23.4 Å². The van der Waals surface area contributed by atoms with Crippen LogP contribution in [-0.4, -0.2) is 64.6 Å². The van der Waals surface area contributed by atoms with E-state index in [2.05, 4.69) is 10.3 Å². The summed E-state index contributed by atoms with van der Waals surface area (Å²) < 4.78 is 0. The molecule has 7 heteroatoms. The van der Waals surface area contributed by atoms with Crippen LogP contribution < -0.4 is 5.32 Å². The Labute approximate surface area is 163 Å². The van der Waals surface area contributed by atoms with E-state index in [-0.39, 0.29) is 11.9 Å². The fraction of sp³-hybridized carbons (Fsp3) is 0.333. The van der Waals surface area contributed by atoms with E-state index >= 15 is 0 Å². The Morgan fingerprint density at radius 3 is 2.61 bits per heavy atom. The van der Waals surface area contributed by atoms with Crippen molar-refractivity contribution < 1.29 is 14.4 Å². The first-order valence-electron chi connectivity index (χ1n) is 9.44. The van der Waals surface area contributed by atoms with Gasteiger partial charge in [0.15, 0.2) is 0 Å². The van der Waals surface area contributed by atoms with Crippen molar-refractivity contribution in [2.45, 2.75) is 18.9 Å². The van der Waals surface area contributed by atoms with E-state index in [0.717, 1.165) is 5.56 Å². The van der Waals surface area contributed by atoms with Gasteiger partial charge in [0.2, 0.25) is 5.78 Å². The number of anilines is 1. The predicted octanol–water partition coefficient (Wildman–Crippen LogP) is 1.53. The SMILES string of the molecule is C[C@@H]1CN(C(=O)c2ccccc2)CCN1C(=O)C(=O)C1CNc2ncccc21. The number of nitrogens with zero attached hydrogens (tertiary/aromatic N) is 3. The number of benzene rings is 1. The molecule has 2 aliphatic heterocycles. The average Bonchev–Trinajstić information content (AvgIpc) is 3.17. The molecule has 28 heavy (non-hydrogen) atoms. The van der Waals surface area contributed by atoms with Crippen LogP contribution in [0, 0.1) is 0 Å². The smallest absolute Gasteiger partial charge is 0.291 e. The zero-order chi connectivity index (χ0) is 19.7. The van der Waals surface area contributed by atoms with E-state index in [4.69, 9.17) is 0 Å². The summed E-state index contributed by atoms with van der Waals surface area (Å²) in [5.41, 5.74) is 1.40. The molecule has 144 valence electrons. The highest BCUT2D eigenvalue weighted by molar-refractivity contribution is 6.38. The number of Topliss-reactive ketones (excluding diaryl/α,β-unsaturated/α-hetero) is 1. The van der Waals surface area contributed by atoms with Crippen LogP contribution in [0.2, 0.25) is 0 Å². The molecule has 2 amide bonds. The van der Waals surface area contributed by atoms with Crippen molar-refractivity contribution in [3.8, 4) is 0 Å². The summed E-state index contributed by atoms with van der Waals surface area (Å²) in [5.74, 6) is -0.796. The minimum absolute atomic E-state index is 0.0501. The fourth-order valence-corrected chi connectivity index (χ4v) is 3.89. The molecular weight excluding hydrogens is 356 g/mol.